The van der Waals surface area contributed by atoms with Gasteiger partial charge in [0, 0.05) is 6.42 Å². The maximum absolute atomic E-state index is 9.62. The molecule has 0 aliphatic carbocycles. The summed E-state index contributed by atoms with van der Waals surface area (Å²) < 4.78 is 0. The molecule has 0 fully saturated rings. The van der Waals surface area contributed by atoms with Gasteiger partial charge in [-0.15, -0.1) is 0 Å². The van der Waals surface area contributed by atoms with Crippen LogP contribution in [0, 0.1) is 12.8 Å². The predicted molar refractivity (Wildman–Crippen MR) is 100.0 cm³/mol. The molecule has 126 valence electrons. The Balaban J connectivity index is -0.0000000948. The number of aryl methyl sites for hydroxylation is 1. The van der Waals surface area contributed by atoms with Gasteiger partial charge in [-0.3, -0.25) is 0 Å². The molecule has 0 saturated heterocycles. The summed E-state index contributed by atoms with van der Waals surface area (Å²) in [6.07, 6.45) is 4.28. The molecule has 0 saturated carbocycles. The van der Waals surface area contributed by atoms with Crippen LogP contribution in [0.5, 0.6) is 0 Å². The van der Waals surface area contributed by atoms with E-state index < -0.39 is 0 Å². The highest BCUT2D eigenvalue weighted by molar-refractivity contribution is 5.49. The molecule has 0 N–H and O–H groups in total. The molecule has 1 heteroatoms. The van der Waals surface area contributed by atoms with E-state index in [1.807, 2.05) is 59.7 Å². The van der Waals surface area contributed by atoms with Crippen molar-refractivity contribution in [2.45, 2.75) is 81.6 Å². The topological polar surface area (TPSA) is 17.1 Å². The van der Waals surface area contributed by atoms with Gasteiger partial charge < -0.3 is 4.79 Å². The molecular weight excluding hydrogens is 256 g/mol. The lowest BCUT2D eigenvalue weighted by Gasteiger charge is -1.89. The van der Waals surface area contributed by atoms with Crippen molar-refractivity contribution < 1.29 is 4.79 Å². The van der Waals surface area contributed by atoms with E-state index in [1.165, 1.54) is 18.4 Å². The zero-order chi connectivity index (χ0) is 17.5. The van der Waals surface area contributed by atoms with Crippen molar-refractivity contribution in [2.75, 3.05) is 0 Å². The van der Waals surface area contributed by atoms with Gasteiger partial charge >= 0.3 is 0 Å². The summed E-state index contributed by atoms with van der Waals surface area (Å²) >= 11 is 0. The van der Waals surface area contributed by atoms with E-state index in [2.05, 4.69) is 32.9 Å². The number of carbonyl (C=O) groups is 1. The molecule has 0 radical (unpaired) electrons. The van der Waals surface area contributed by atoms with Crippen LogP contribution in [0.15, 0.2) is 30.3 Å². The fraction of sp³-hybridized carbons (Fsp3) is 0.650. The smallest absolute Gasteiger partial charge is 0.120 e. The maximum Gasteiger partial charge on any atom is 0.120 e. The number of benzene rings is 1. The van der Waals surface area contributed by atoms with Crippen LogP contribution in [0.4, 0.5) is 0 Å². The first-order chi connectivity index (χ1) is 10.1. The van der Waals surface area contributed by atoms with Crippen LogP contribution in [0.25, 0.3) is 0 Å². The molecule has 1 rings (SSSR count). The monoisotopic (exact) mass is 296 g/mol. The van der Waals surface area contributed by atoms with E-state index >= 15 is 0 Å². The normalized spacial score (nSPS) is 7.52. The third-order valence-electron chi connectivity index (χ3n) is 2.01. The molecule has 0 unspecified atom stereocenters. The molecule has 1 nitrogen and oxygen atoms in total. The molecule has 21 heavy (non-hydrogen) atoms. The van der Waals surface area contributed by atoms with Gasteiger partial charge in [-0.05, 0) is 12.8 Å². The van der Waals surface area contributed by atoms with E-state index in [9.17, 15) is 4.79 Å². The molecule has 0 aliphatic rings. The summed E-state index contributed by atoms with van der Waals surface area (Å²) in [5.41, 5.74) is 1.32. The average Bonchev–Trinajstić information content (AvgIpc) is 2.53. The van der Waals surface area contributed by atoms with Crippen molar-refractivity contribution in [3.63, 3.8) is 0 Å². The van der Waals surface area contributed by atoms with Crippen molar-refractivity contribution in [1.29, 1.82) is 0 Å². The molecule has 0 atom stereocenters. The Kier molecular flexibility index (Phi) is 41.9. The second kappa shape index (κ2) is 31.3. The number of unbranched alkanes of at least 4 members (excludes halogenated alkanes) is 1. The molecular formula is C20H40O. The Morgan fingerprint density at radius 1 is 0.905 bits per heavy atom. The SMILES string of the molecule is CC.CC.CC(C)CC=O.CCCC.Cc1ccccc1. The number of aldehydes is 1. The number of hydrogen-bond acceptors (Lipinski definition) is 1. The molecule has 1 aromatic rings. The van der Waals surface area contributed by atoms with Crippen LogP contribution in [0.3, 0.4) is 0 Å². The van der Waals surface area contributed by atoms with Gasteiger partial charge in [0.05, 0.1) is 0 Å². The van der Waals surface area contributed by atoms with E-state index in [1.54, 1.807) is 0 Å². The van der Waals surface area contributed by atoms with Gasteiger partial charge in [-0.25, -0.2) is 0 Å². The Bertz CT molecular complexity index is 237. The Labute approximate surface area is 135 Å². The highest BCUT2D eigenvalue weighted by Crippen LogP contribution is 1.92. The first-order valence-corrected chi connectivity index (χ1v) is 8.53. The molecule has 0 amide bonds. The third kappa shape index (κ3) is 45.4. The van der Waals surface area contributed by atoms with Crippen LogP contribution >= 0.6 is 0 Å². The summed E-state index contributed by atoms with van der Waals surface area (Å²) in [7, 11) is 0. The molecule has 0 bridgehead atoms. The van der Waals surface area contributed by atoms with E-state index in [0.29, 0.717) is 12.3 Å². The first-order valence-electron chi connectivity index (χ1n) is 8.53. The minimum absolute atomic E-state index is 0.530. The highest BCUT2D eigenvalue weighted by Gasteiger charge is 1.85. The Morgan fingerprint density at radius 3 is 1.38 bits per heavy atom. The summed E-state index contributed by atoms with van der Waals surface area (Å²) in [6, 6.07) is 10.3. The number of carbonyl (C=O) groups excluding carboxylic acids is 1. The Hall–Kier alpha value is -1.11. The van der Waals surface area contributed by atoms with Crippen LogP contribution < -0.4 is 0 Å². The quantitative estimate of drug-likeness (QED) is 0.544. The second-order valence-corrected chi connectivity index (χ2v) is 4.45. The standard InChI is InChI=1S/C7H8.C5H10O.C4H10.2C2H6/c1-7-5-3-2-4-6-7;1-5(2)3-4-6;1-3-4-2;2*1-2/h2-6H,1H3;4-5H,3H2,1-2H3;3-4H2,1-2H3;2*1-2H3. The van der Waals surface area contributed by atoms with Gasteiger partial charge in [0.15, 0.2) is 0 Å². The zero-order valence-electron chi connectivity index (χ0n) is 16.1. The predicted octanol–water partition coefficient (Wildman–Crippen LogP) is 7.09. The molecule has 0 aromatic heterocycles. The Morgan fingerprint density at radius 2 is 1.29 bits per heavy atom. The van der Waals surface area contributed by atoms with Gasteiger partial charge in [-0.2, -0.15) is 0 Å². The molecule has 0 heterocycles. The minimum Gasteiger partial charge on any atom is -0.303 e. The van der Waals surface area contributed by atoms with Crippen molar-refractivity contribution in [3.05, 3.63) is 35.9 Å². The zero-order valence-corrected chi connectivity index (χ0v) is 16.1. The third-order valence-corrected chi connectivity index (χ3v) is 2.01. The highest BCUT2D eigenvalue weighted by atomic mass is 16.1. The van der Waals surface area contributed by atoms with Crippen molar-refractivity contribution in [1.82, 2.24) is 0 Å². The van der Waals surface area contributed by atoms with Gasteiger partial charge in [0.2, 0.25) is 0 Å². The van der Waals surface area contributed by atoms with E-state index in [-0.39, 0.29) is 0 Å². The lowest BCUT2D eigenvalue weighted by Crippen LogP contribution is -1.84. The van der Waals surface area contributed by atoms with E-state index in [4.69, 9.17) is 0 Å². The molecule has 0 aliphatic heterocycles. The fourth-order valence-corrected chi connectivity index (χ4v) is 0.727. The van der Waals surface area contributed by atoms with Crippen LogP contribution in [0.1, 0.15) is 80.2 Å². The van der Waals surface area contributed by atoms with Crippen LogP contribution in [-0.4, -0.2) is 6.29 Å². The van der Waals surface area contributed by atoms with Crippen molar-refractivity contribution >= 4 is 6.29 Å². The van der Waals surface area contributed by atoms with Crippen LogP contribution in [0.2, 0.25) is 0 Å². The van der Waals surface area contributed by atoms with Crippen LogP contribution in [-0.2, 0) is 4.79 Å². The summed E-state index contributed by atoms with van der Waals surface area (Å²) in [5, 5.41) is 0. The van der Waals surface area contributed by atoms with E-state index in [0.717, 1.165) is 6.29 Å². The van der Waals surface area contributed by atoms with Crippen molar-refractivity contribution in [2.24, 2.45) is 5.92 Å². The first kappa shape index (κ1) is 28.1. The lowest BCUT2D eigenvalue weighted by atomic mass is 10.2. The molecule has 1 aromatic carbocycles. The maximum atomic E-state index is 9.62. The largest absolute Gasteiger partial charge is 0.303 e. The summed E-state index contributed by atoms with van der Waals surface area (Å²) in [5.74, 6) is 0.530. The van der Waals surface area contributed by atoms with Crippen molar-refractivity contribution in [3.8, 4) is 0 Å². The summed E-state index contributed by atoms with van der Waals surface area (Å²) in [4.78, 5) is 9.62. The van der Waals surface area contributed by atoms with Gasteiger partial charge in [0.1, 0.15) is 6.29 Å². The molecule has 0 spiro atoms. The second-order valence-electron chi connectivity index (χ2n) is 4.45. The van der Waals surface area contributed by atoms with Gasteiger partial charge in [-0.1, -0.05) is 104 Å². The van der Waals surface area contributed by atoms with Gasteiger partial charge in [0.25, 0.3) is 0 Å². The lowest BCUT2D eigenvalue weighted by molar-refractivity contribution is -0.108. The summed E-state index contributed by atoms with van der Waals surface area (Å²) in [6.45, 7) is 18.5. The number of rotatable bonds is 3. The minimum atomic E-state index is 0.530. The average molecular weight is 297 g/mol. The fourth-order valence-electron chi connectivity index (χ4n) is 0.727. The number of hydrogen-bond donors (Lipinski definition) is 0.